The SMILES string of the molecule is Fc1cc(C2CCC(CCC=CCCC(F)(F)F)CC2)cc(F)c1OC(F)(F)F. The van der Waals surface area contributed by atoms with Crippen LogP contribution in [0.3, 0.4) is 0 Å². The lowest BCUT2D eigenvalue weighted by Gasteiger charge is -2.29. The fourth-order valence-corrected chi connectivity index (χ4v) is 3.63. The van der Waals surface area contributed by atoms with Crippen LogP contribution < -0.4 is 4.74 Å². The predicted octanol–water partition coefficient (Wildman–Crippen LogP) is 7.82. The molecular formula is C20H22F8O. The Labute approximate surface area is 163 Å². The first-order chi connectivity index (χ1) is 13.4. The number of benzene rings is 1. The Balaban J connectivity index is 1.81. The highest BCUT2D eigenvalue weighted by Gasteiger charge is 2.34. The number of allylic oxidation sites excluding steroid dienone is 2. The Morgan fingerprint density at radius 2 is 1.41 bits per heavy atom. The lowest BCUT2D eigenvalue weighted by Crippen LogP contribution is -2.19. The number of alkyl halides is 6. The second kappa shape index (κ2) is 9.80. The maximum Gasteiger partial charge on any atom is 0.573 e. The van der Waals surface area contributed by atoms with E-state index >= 15 is 0 Å². The highest BCUT2D eigenvalue weighted by atomic mass is 19.4. The van der Waals surface area contributed by atoms with Crippen LogP contribution in [0.15, 0.2) is 24.3 Å². The first kappa shape index (κ1) is 23.5. The third-order valence-electron chi connectivity index (χ3n) is 5.06. The third-order valence-corrected chi connectivity index (χ3v) is 5.06. The number of hydrogen-bond donors (Lipinski definition) is 0. The van der Waals surface area contributed by atoms with E-state index in [4.69, 9.17) is 0 Å². The molecule has 0 amide bonds. The van der Waals surface area contributed by atoms with E-state index < -0.39 is 36.3 Å². The van der Waals surface area contributed by atoms with Gasteiger partial charge in [0.25, 0.3) is 0 Å². The maximum absolute atomic E-state index is 13.9. The van der Waals surface area contributed by atoms with Crippen LogP contribution in [0.2, 0.25) is 0 Å². The molecule has 1 aromatic carbocycles. The Kier molecular flexibility index (Phi) is 7.94. The summed E-state index contributed by atoms with van der Waals surface area (Å²) in [6.45, 7) is 0. The lowest BCUT2D eigenvalue weighted by molar-refractivity contribution is -0.276. The van der Waals surface area contributed by atoms with Gasteiger partial charge in [-0.15, -0.1) is 13.2 Å². The molecule has 1 saturated carbocycles. The number of hydrogen-bond acceptors (Lipinski definition) is 1. The van der Waals surface area contributed by atoms with Crippen molar-refractivity contribution in [1.82, 2.24) is 0 Å². The van der Waals surface area contributed by atoms with E-state index in [1.807, 2.05) is 0 Å². The van der Waals surface area contributed by atoms with Crippen molar-refractivity contribution in [2.45, 2.75) is 69.8 Å². The van der Waals surface area contributed by atoms with Crippen LogP contribution in [0, 0.1) is 17.6 Å². The fourth-order valence-electron chi connectivity index (χ4n) is 3.63. The van der Waals surface area contributed by atoms with Crippen LogP contribution in [-0.2, 0) is 0 Å². The minimum atomic E-state index is -5.18. The van der Waals surface area contributed by atoms with Gasteiger partial charge in [0.2, 0.25) is 5.75 Å². The van der Waals surface area contributed by atoms with Crippen LogP contribution in [0.4, 0.5) is 35.1 Å². The molecule has 29 heavy (non-hydrogen) atoms. The van der Waals surface area contributed by atoms with Crippen molar-refractivity contribution >= 4 is 0 Å². The number of halogens is 8. The second-order valence-corrected chi connectivity index (χ2v) is 7.28. The Morgan fingerprint density at radius 3 is 1.93 bits per heavy atom. The van der Waals surface area contributed by atoms with Gasteiger partial charge in [-0.3, -0.25) is 0 Å². The molecule has 0 bridgehead atoms. The molecule has 2 rings (SSSR count). The first-order valence-corrected chi connectivity index (χ1v) is 9.41. The zero-order valence-electron chi connectivity index (χ0n) is 15.6. The largest absolute Gasteiger partial charge is 0.573 e. The van der Waals surface area contributed by atoms with Crippen molar-refractivity contribution in [3.8, 4) is 5.75 Å². The minimum Gasteiger partial charge on any atom is -0.399 e. The van der Waals surface area contributed by atoms with Crippen molar-refractivity contribution in [2.24, 2.45) is 5.92 Å². The molecule has 0 spiro atoms. The van der Waals surface area contributed by atoms with Crippen molar-refractivity contribution in [1.29, 1.82) is 0 Å². The Morgan fingerprint density at radius 1 is 0.862 bits per heavy atom. The normalized spacial score (nSPS) is 21.0. The molecule has 0 atom stereocenters. The van der Waals surface area contributed by atoms with E-state index in [0.29, 0.717) is 30.7 Å². The average molecular weight is 430 g/mol. The molecule has 1 nitrogen and oxygen atoms in total. The molecule has 164 valence electrons. The molecule has 1 fully saturated rings. The fraction of sp³-hybridized carbons (Fsp3) is 0.600. The first-order valence-electron chi connectivity index (χ1n) is 9.41. The summed E-state index contributed by atoms with van der Waals surface area (Å²) in [7, 11) is 0. The van der Waals surface area contributed by atoms with Crippen LogP contribution in [-0.4, -0.2) is 12.5 Å². The summed E-state index contributed by atoms with van der Waals surface area (Å²) < 4.78 is 104. The van der Waals surface area contributed by atoms with E-state index in [9.17, 15) is 35.1 Å². The summed E-state index contributed by atoms with van der Waals surface area (Å²) in [5, 5.41) is 0. The molecule has 0 aliphatic heterocycles. The van der Waals surface area contributed by atoms with Gasteiger partial charge in [-0.05, 0) is 74.5 Å². The van der Waals surface area contributed by atoms with Gasteiger partial charge in [-0.25, -0.2) is 8.78 Å². The molecule has 0 unspecified atom stereocenters. The highest BCUT2D eigenvalue weighted by molar-refractivity contribution is 5.33. The van der Waals surface area contributed by atoms with Gasteiger partial charge in [0.15, 0.2) is 11.6 Å². The molecule has 0 radical (unpaired) electrons. The molecule has 1 aliphatic rings. The summed E-state index contributed by atoms with van der Waals surface area (Å²) >= 11 is 0. The van der Waals surface area contributed by atoms with Gasteiger partial charge in [0.1, 0.15) is 0 Å². The lowest BCUT2D eigenvalue weighted by atomic mass is 9.77. The van der Waals surface area contributed by atoms with Crippen molar-refractivity contribution < 1.29 is 39.9 Å². The van der Waals surface area contributed by atoms with E-state index in [-0.39, 0.29) is 12.3 Å². The zero-order chi connectivity index (χ0) is 21.7. The van der Waals surface area contributed by atoms with Gasteiger partial charge >= 0.3 is 12.5 Å². The quantitative estimate of drug-likeness (QED) is 0.317. The highest BCUT2D eigenvalue weighted by Crippen LogP contribution is 2.40. The summed E-state index contributed by atoms with van der Waals surface area (Å²) in [5.74, 6) is -4.02. The monoisotopic (exact) mass is 430 g/mol. The number of ether oxygens (including phenoxy) is 1. The van der Waals surface area contributed by atoms with Crippen molar-refractivity contribution in [3.63, 3.8) is 0 Å². The van der Waals surface area contributed by atoms with Crippen LogP contribution in [0.25, 0.3) is 0 Å². The summed E-state index contributed by atoms with van der Waals surface area (Å²) in [6.07, 6.45) is -2.62. The van der Waals surface area contributed by atoms with Gasteiger partial charge in [0, 0.05) is 6.42 Å². The van der Waals surface area contributed by atoms with Crippen LogP contribution in [0.5, 0.6) is 5.75 Å². The van der Waals surface area contributed by atoms with Gasteiger partial charge in [-0.1, -0.05) is 12.2 Å². The van der Waals surface area contributed by atoms with Gasteiger partial charge in [0.05, 0.1) is 0 Å². The van der Waals surface area contributed by atoms with E-state index in [1.165, 1.54) is 6.08 Å². The van der Waals surface area contributed by atoms with E-state index in [0.717, 1.165) is 31.4 Å². The molecule has 0 heterocycles. The maximum atomic E-state index is 13.9. The van der Waals surface area contributed by atoms with E-state index in [1.54, 1.807) is 6.08 Å². The Bertz CT molecular complexity index is 662. The van der Waals surface area contributed by atoms with Crippen LogP contribution in [0.1, 0.15) is 62.8 Å². The minimum absolute atomic E-state index is 0.0403. The van der Waals surface area contributed by atoms with Gasteiger partial charge in [-0.2, -0.15) is 13.2 Å². The standard InChI is InChI=1S/C20H22F8O/c21-16-11-15(12-17(22)18(16)29-20(26,27)28)14-8-6-13(7-9-14)5-3-1-2-4-10-19(23,24)25/h1-2,11-14H,3-10H2. The molecule has 0 aromatic heterocycles. The average Bonchev–Trinajstić information content (AvgIpc) is 2.60. The molecule has 9 heteroatoms. The van der Waals surface area contributed by atoms with Crippen molar-refractivity contribution in [2.75, 3.05) is 0 Å². The topological polar surface area (TPSA) is 9.23 Å². The molecule has 1 aliphatic carbocycles. The number of rotatable bonds is 7. The summed E-state index contributed by atoms with van der Waals surface area (Å²) in [6, 6.07) is 1.77. The van der Waals surface area contributed by atoms with E-state index in [2.05, 4.69) is 4.74 Å². The molecule has 1 aromatic rings. The summed E-state index contributed by atoms with van der Waals surface area (Å²) in [4.78, 5) is 0. The molecule has 0 N–H and O–H groups in total. The van der Waals surface area contributed by atoms with Crippen LogP contribution >= 0.6 is 0 Å². The summed E-state index contributed by atoms with van der Waals surface area (Å²) in [5.41, 5.74) is 0.306. The third kappa shape index (κ3) is 8.22. The molecule has 0 saturated heterocycles. The predicted molar refractivity (Wildman–Crippen MR) is 91.4 cm³/mol. The second-order valence-electron chi connectivity index (χ2n) is 7.28. The van der Waals surface area contributed by atoms with Crippen molar-refractivity contribution in [3.05, 3.63) is 41.5 Å². The molecular weight excluding hydrogens is 408 g/mol. The zero-order valence-corrected chi connectivity index (χ0v) is 15.6. The van der Waals surface area contributed by atoms with Gasteiger partial charge < -0.3 is 4.74 Å². The Hall–Kier alpha value is -1.80. The smallest absolute Gasteiger partial charge is 0.399 e.